The van der Waals surface area contributed by atoms with Crippen LogP contribution in [0, 0.1) is 0 Å². The van der Waals surface area contributed by atoms with Crippen molar-refractivity contribution in [2.24, 2.45) is 0 Å². The van der Waals surface area contributed by atoms with E-state index in [9.17, 15) is 0 Å². The Bertz CT molecular complexity index is 424. The molecule has 0 aliphatic carbocycles. The maximum absolute atomic E-state index is 9.11. The molecule has 0 fully saturated rings. The molecule has 150 valence electrons. The van der Waals surface area contributed by atoms with Gasteiger partial charge in [0.15, 0.2) is 0 Å². The summed E-state index contributed by atoms with van der Waals surface area (Å²) in [6, 6.07) is 4.18. The Morgan fingerprint density at radius 3 is 1.69 bits per heavy atom. The van der Waals surface area contributed by atoms with Gasteiger partial charge in [-0.05, 0) is 30.9 Å². The van der Waals surface area contributed by atoms with Crippen molar-refractivity contribution in [1.82, 2.24) is 4.98 Å². The summed E-state index contributed by atoms with van der Waals surface area (Å²) in [5, 5.41) is 10.3. The molecule has 0 spiro atoms. The Morgan fingerprint density at radius 1 is 0.692 bits per heavy atom. The van der Waals surface area contributed by atoms with E-state index in [-0.39, 0.29) is 6.61 Å². The third-order valence-electron chi connectivity index (χ3n) is 5.16. The highest BCUT2D eigenvalue weighted by Crippen LogP contribution is 2.15. The lowest BCUT2D eigenvalue weighted by molar-refractivity contribution is 0.297. The van der Waals surface area contributed by atoms with Crippen LogP contribution in [0.25, 0.3) is 0 Å². The molecule has 0 aliphatic heterocycles. The number of nitrogens with zero attached hydrogens (tertiary/aromatic N) is 1. The largest absolute Gasteiger partial charge is 0.396 e. The Balaban J connectivity index is 1.85. The normalized spacial score (nSPS) is 11.2. The van der Waals surface area contributed by atoms with Crippen LogP contribution in [0.1, 0.15) is 101 Å². The Hall–Kier alpha value is -0.410. The van der Waals surface area contributed by atoms with Crippen molar-refractivity contribution < 1.29 is 5.11 Å². The fraction of sp³-hybridized carbons (Fsp3) is 0.783. The van der Waals surface area contributed by atoms with E-state index in [0.29, 0.717) is 6.42 Å². The van der Waals surface area contributed by atoms with Crippen molar-refractivity contribution in [3.05, 3.63) is 29.6 Å². The minimum absolute atomic E-state index is 0.196. The van der Waals surface area contributed by atoms with Crippen molar-refractivity contribution in [2.45, 2.75) is 103 Å². The molecule has 1 heterocycles. The summed E-state index contributed by atoms with van der Waals surface area (Å²) in [7, 11) is 0. The van der Waals surface area contributed by atoms with Gasteiger partial charge in [-0.3, -0.25) is 4.98 Å². The standard InChI is InChI=1S/C23H40BrNO/c24-19-14-12-10-8-6-4-2-1-3-5-7-9-11-13-16-22-17-15-20-25-23(22)18-21-26/h15,17,20,26H,1-14,16,18-19,21H2. The van der Waals surface area contributed by atoms with Gasteiger partial charge in [-0.15, -0.1) is 0 Å². The van der Waals surface area contributed by atoms with Gasteiger partial charge in [-0.2, -0.15) is 0 Å². The first-order chi connectivity index (χ1) is 12.9. The SMILES string of the molecule is OCCc1ncccc1CCCCCCCCCCCCCCCCBr. The van der Waals surface area contributed by atoms with Crippen molar-refractivity contribution in [1.29, 1.82) is 0 Å². The molecule has 0 aromatic carbocycles. The molecule has 2 nitrogen and oxygen atoms in total. The second-order valence-electron chi connectivity index (χ2n) is 7.47. The second-order valence-corrected chi connectivity index (χ2v) is 8.26. The summed E-state index contributed by atoms with van der Waals surface area (Å²) in [5.74, 6) is 0. The maximum Gasteiger partial charge on any atom is 0.0486 e. The highest BCUT2D eigenvalue weighted by atomic mass is 79.9. The maximum atomic E-state index is 9.11. The van der Waals surface area contributed by atoms with Gasteiger partial charge in [0.2, 0.25) is 0 Å². The second kappa shape index (κ2) is 18.0. The first kappa shape index (κ1) is 23.6. The third-order valence-corrected chi connectivity index (χ3v) is 5.72. The highest BCUT2D eigenvalue weighted by molar-refractivity contribution is 9.09. The Kier molecular flexibility index (Phi) is 16.3. The van der Waals surface area contributed by atoms with Crippen LogP contribution < -0.4 is 0 Å². The van der Waals surface area contributed by atoms with Gasteiger partial charge in [0.05, 0.1) is 0 Å². The average molecular weight is 426 g/mol. The molecule has 26 heavy (non-hydrogen) atoms. The predicted octanol–water partition coefficient (Wildman–Crippen LogP) is 7.02. The van der Waals surface area contributed by atoms with Crippen molar-refractivity contribution in [3.8, 4) is 0 Å². The third kappa shape index (κ3) is 12.9. The Labute approximate surface area is 170 Å². The van der Waals surface area contributed by atoms with E-state index < -0.39 is 0 Å². The summed E-state index contributed by atoms with van der Waals surface area (Å²) in [6.45, 7) is 0.196. The first-order valence-electron chi connectivity index (χ1n) is 11.0. The van der Waals surface area contributed by atoms with Gasteiger partial charge in [0.1, 0.15) is 0 Å². The molecule has 0 unspecified atom stereocenters. The van der Waals surface area contributed by atoms with Gasteiger partial charge in [-0.25, -0.2) is 0 Å². The lowest BCUT2D eigenvalue weighted by Crippen LogP contribution is -2.00. The monoisotopic (exact) mass is 425 g/mol. The van der Waals surface area contributed by atoms with Crippen LogP contribution in [-0.2, 0) is 12.8 Å². The molecule has 0 aliphatic rings. The Morgan fingerprint density at radius 2 is 1.19 bits per heavy atom. The van der Waals surface area contributed by atoms with Gasteiger partial charge in [0.25, 0.3) is 0 Å². The number of unbranched alkanes of at least 4 members (excludes halogenated alkanes) is 13. The van der Waals surface area contributed by atoms with Gasteiger partial charge in [-0.1, -0.05) is 99.0 Å². The van der Waals surface area contributed by atoms with Crippen LogP contribution in [0.15, 0.2) is 18.3 Å². The zero-order valence-corrected chi connectivity index (χ0v) is 18.3. The molecule has 0 saturated heterocycles. The lowest BCUT2D eigenvalue weighted by Gasteiger charge is -2.07. The minimum atomic E-state index is 0.196. The zero-order chi connectivity index (χ0) is 18.7. The number of aryl methyl sites for hydroxylation is 1. The summed E-state index contributed by atoms with van der Waals surface area (Å²) in [6.07, 6.45) is 23.1. The molecule has 1 N–H and O–H groups in total. The van der Waals surface area contributed by atoms with E-state index in [0.717, 1.165) is 12.1 Å². The first-order valence-corrected chi connectivity index (χ1v) is 12.1. The van der Waals surface area contributed by atoms with E-state index in [1.807, 2.05) is 12.3 Å². The summed E-state index contributed by atoms with van der Waals surface area (Å²) in [5.41, 5.74) is 2.41. The fourth-order valence-corrected chi connectivity index (χ4v) is 3.96. The number of alkyl halides is 1. The van der Waals surface area contributed by atoms with Gasteiger partial charge in [0, 0.05) is 30.2 Å². The summed E-state index contributed by atoms with van der Waals surface area (Å²) >= 11 is 3.50. The summed E-state index contributed by atoms with van der Waals surface area (Å²) in [4.78, 5) is 4.39. The number of pyridine rings is 1. The topological polar surface area (TPSA) is 33.1 Å². The lowest BCUT2D eigenvalue weighted by atomic mass is 10.0. The minimum Gasteiger partial charge on any atom is -0.396 e. The smallest absolute Gasteiger partial charge is 0.0486 e. The van der Waals surface area contributed by atoms with Crippen LogP contribution in [-0.4, -0.2) is 22.0 Å². The van der Waals surface area contributed by atoms with E-state index in [2.05, 4.69) is 27.0 Å². The van der Waals surface area contributed by atoms with Gasteiger partial charge < -0.3 is 5.11 Å². The van der Waals surface area contributed by atoms with Crippen LogP contribution in [0.3, 0.4) is 0 Å². The van der Waals surface area contributed by atoms with E-state index in [1.54, 1.807) is 0 Å². The van der Waals surface area contributed by atoms with Crippen molar-refractivity contribution in [3.63, 3.8) is 0 Å². The van der Waals surface area contributed by atoms with Crippen molar-refractivity contribution >= 4 is 15.9 Å². The number of hydrogen-bond acceptors (Lipinski definition) is 2. The number of rotatable bonds is 18. The molecule has 1 aromatic rings. The van der Waals surface area contributed by atoms with E-state index >= 15 is 0 Å². The molecule has 1 rings (SSSR count). The molecular formula is C23H40BrNO. The number of halogens is 1. The van der Waals surface area contributed by atoms with Crippen LogP contribution in [0.4, 0.5) is 0 Å². The molecule has 1 aromatic heterocycles. The van der Waals surface area contributed by atoms with E-state index in [4.69, 9.17) is 5.11 Å². The molecule has 0 amide bonds. The number of aliphatic hydroxyl groups excluding tert-OH is 1. The quantitative estimate of drug-likeness (QED) is 0.202. The summed E-state index contributed by atoms with van der Waals surface area (Å²) < 4.78 is 0. The average Bonchev–Trinajstić information content (AvgIpc) is 2.66. The van der Waals surface area contributed by atoms with Gasteiger partial charge >= 0.3 is 0 Å². The van der Waals surface area contributed by atoms with E-state index in [1.165, 1.54) is 101 Å². The molecule has 0 atom stereocenters. The molecule has 0 radical (unpaired) electrons. The van der Waals surface area contributed by atoms with Crippen molar-refractivity contribution in [2.75, 3.05) is 11.9 Å². The highest BCUT2D eigenvalue weighted by Gasteiger charge is 2.02. The molecule has 3 heteroatoms. The fourth-order valence-electron chi connectivity index (χ4n) is 3.56. The molecule has 0 bridgehead atoms. The molecule has 0 saturated carbocycles. The van der Waals surface area contributed by atoms with Crippen LogP contribution in [0.2, 0.25) is 0 Å². The predicted molar refractivity (Wildman–Crippen MR) is 117 cm³/mol. The van der Waals surface area contributed by atoms with Crippen LogP contribution >= 0.6 is 15.9 Å². The zero-order valence-electron chi connectivity index (χ0n) is 16.7. The number of aliphatic hydroxyl groups is 1. The molecular weight excluding hydrogens is 386 g/mol. The van der Waals surface area contributed by atoms with Crippen LogP contribution in [0.5, 0.6) is 0 Å². The number of aromatic nitrogens is 1. The number of hydrogen-bond donors (Lipinski definition) is 1.